The third kappa shape index (κ3) is 3.94. The highest BCUT2D eigenvalue weighted by Crippen LogP contribution is 2.65. The number of rotatable bonds is 6. The standard InChI is InChI=1S/C37H44O7/c1-9-20-12-13-23(22(11-3)21(20)10-2)24-14-15-26(39)28-25(24)16-35(7)17-36(8)29(18(4)5)31(40)27(19(6)38)33(42)37(36,44)34(43)30(35)32(28)41/h12-15,18,29,39,41-42,44H,9-11,16-17H2,1-8H3/t29?,35-,36-,37+/m1/s1. The summed E-state index contributed by atoms with van der Waals surface area (Å²) in [5, 5.41) is 46.6. The van der Waals surface area contributed by atoms with Gasteiger partial charge in [-0.25, -0.2) is 0 Å². The Morgan fingerprint density at radius 3 is 2.09 bits per heavy atom. The highest BCUT2D eigenvalue weighted by molar-refractivity contribution is 6.24. The molecular formula is C37H44O7. The van der Waals surface area contributed by atoms with Gasteiger partial charge in [-0.15, -0.1) is 0 Å². The van der Waals surface area contributed by atoms with Crippen LogP contribution >= 0.6 is 0 Å². The summed E-state index contributed by atoms with van der Waals surface area (Å²) in [7, 11) is 0. The number of carbonyl (C=O) groups excluding carboxylic acids is 3. The molecule has 0 amide bonds. The first-order chi connectivity index (χ1) is 20.5. The molecule has 44 heavy (non-hydrogen) atoms. The lowest BCUT2D eigenvalue weighted by atomic mass is 9.43. The summed E-state index contributed by atoms with van der Waals surface area (Å²) in [6.07, 6.45) is 2.86. The lowest BCUT2D eigenvalue weighted by Crippen LogP contribution is -2.69. The predicted octanol–water partition coefficient (Wildman–Crippen LogP) is 6.54. The second-order valence-electron chi connectivity index (χ2n) is 13.7. The maximum absolute atomic E-state index is 14.6. The number of Topliss-reactive ketones (excluding diaryl/α,β-unsaturated/α-hetero) is 3. The van der Waals surface area contributed by atoms with Crippen molar-refractivity contribution in [1.82, 2.24) is 0 Å². The van der Waals surface area contributed by atoms with E-state index in [0.717, 1.165) is 37.3 Å². The average molecular weight is 601 g/mol. The summed E-state index contributed by atoms with van der Waals surface area (Å²) >= 11 is 0. The fourth-order valence-electron chi connectivity index (χ4n) is 9.14. The van der Waals surface area contributed by atoms with Gasteiger partial charge in [0.15, 0.2) is 17.2 Å². The minimum atomic E-state index is -2.62. The van der Waals surface area contributed by atoms with Crippen molar-refractivity contribution >= 4 is 23.1 Å². The number of hydrogen-bond donors (Lipinski definition) is 4. The normalized spacial score (nSPS) is 28.3. The van der Waals surface area contributed by atoms with Gasteiger partial charge in [0.2, 0.25) is 5.78 Å². The third-order valence-corrected chi connectivity index (χ3v) is 10.8. The van der Waals surface area contributed by atoms with Crippen molar-refractivity contribution in [3.63, 3.8) is 0 Å². The number of aliphatic hydroxyl groups is 3. The van der Waals surface area contributed by atoms with Crippen LogP contribution in [-0.4, -0.2) is 43.4 Å². The summed E-state index contributed by atoms with van der Waals surface area (Å²) in [5.74, 6) is -5.21. The number of phenols is 1. The molecule has 2 aromatic carbocycles. The topological polar surface area (TPSA) is 132 Å². The molecule has 3 aliphatic rings. The van der Waals surface area contributed by atoms with E-state index >= 15 is 0 Å². The van der Waals surface area contributed by atoms with E-state index in [2.05, 4.69) is 32.9 Å². The molecule has 4 atom stereocenters. The minimum absolute atomic E-state index is 0.0651. The van der Waals surface area contributed by atoms with Crippen LogP contribution in [0.15, 0.2) is 41.2 Å². The Morgan fingerprint density at radius 1 is 0.932 bits per heavy atom. The fraction of sp³-hybridized carbons (Fsp3) is 0.486. The Bertz CT molecular complexity index is 1690. The lowest BCUT2D eigenvalue weighted by molar-refractivity contribution is -0.178. The molecule has 1 saturated carbocycles. The average Bonchev–Trinajstić information content (AvgIpc) is 2.93. The molecule has 7 nitrogen and oxygen atoms in total. The van der Waals surface area contributed by atoms with Gasteiger partial charge in [-0.1, -0.05) is 66.7 Å². The SMILES string of the molecule is CCc1ccc(-c2ccc(O)c3c2C[C@]2(C)C[C@]4(C)C(C(C)C)C(=O)C(C(C)=O)=C(O)[C@]4(O)C(=O)C2=C3O)c(CC)c1CC. The molecule has 234 valence electrons. The van der Waals surface area contributed by atoms with Crippen LogP contribution in [0.4, 0.5) is 0 Å². The van der Waals surface area contributed by atoms with Crippen molar-refractivity contribution in [2.24, 2.45) is 22.7 Å². The second kappa shape index (κ2) is 10.4. The molecule has 0 radical (unpaired) electrons. The van der Waals surface area contributed by atoms with Crippen molar-refractivity contribution in [3.8, 4) is 16.9 Å². The number of fused-ring (bicyclic) bond motifs is 3. The van der Waals surface area contributed by atoms with E-state index in [-0.39, 0.29) is 35.6 Å². The van der Waals surface area contributed by atoms with Gasteiger partial charge in [-0.05, 0) is 84.4 Å². The smallest absolute Gasteiger partial charge is 0.203 e. The van der Waals surface area contributed by atoms with E-state index in [4.69, 9.17) is 0 Å². The molecule has 0 saturated heterocycles. The minimum Gasteiger partial charge on any atom is -0.508 e. The van der Waals surface area contributed by atoms with E-state index in [1.54, 1.807) is 20.8 Å². The van der Waals surface area contributed by atoms with Gasteiger partial charge in [0.25, 0.3) is 0 Å². The molecule has 0 heterocycles. The number of aromatic hydroxyl groups is 1. The zero-order chi connectivity index (χ0) is 32.7. The summed E-state index contributed by atoms with van der Waals surface area (Å²) in [6, 6.07) is 7.59. The first-order valence-electron chi connectivity index (χ1n) is 15.7. The molecule has 0 aromatic heterocycles. The maximum atomic E-state index is 14.6. The first-order valence-corrected chi connectivity index (χ1v) is 15.7. The predicted molar refractivity (Wildman–Crippen MR) is 169 cm³/mol. The van der Waals surface area contributed by atoms with Gasteiger partial charge in [0, 0.05) is 22.3 Å². The van der Waals surface area contributed by atoms with Crippen LogP contribution in [0.25, 0.3) is 16.9 Å². The third-order valence-electron chi connectivity index (χ3n) is 10.8. The Morgan fingerprint density at radius 2 is 1.55 bits per heavy atom. The van der Waals surface area contributed by atoms with Crippen LogP contribution < -0.4 is 0 Å². The summed E-state index contributed by atoms with van der Waals surface area (Å²) in [4.78, 5) is 40.9. The number of benzene rings is 2. The zero-order valence-electron chi connectivity index (χ0n) is 27.0. The molecule has 2 aromatic rings. The quantitative estimate of drug-likeness (QED) is 0.277. The largest absolute Gasteiger partial charge is 0.508 e. The van der Waals surface area contributed by atoms with E-state index < -0.39 is 56.8 Å². The van der Waals surface area contributed by atoms with Gasteiger partial charge in [-0.3, -0.25) is 14.4 Å². The highest BCUT2D eigenvalue weighted by Gasteiger charge is 2.72. The maximum Gasteiger partial charge on any atom is 0.203 e. The van der Waals surface area contributed by atoms with Gasteiger partial charge in [0.05, 0.1) is 5.56 Å². The zero-order valence-corrected chi connectivity index (χ0v) is 27.0. The van der Waals surface area contributed by atoms with Gasteiger partial charge in [-0.2, -0.15) is 0 Å². The van der Waals surface area contributed by atoms with E-state index in [1.165, 1.54) is 22.8 Å². The number of ketones is 3. The molecule has 3 aliphatic carbocycles. The van der Waals surface area contributed by atoms with E-state index in [9.17, 15) is 34.8 Å². The van der Waals surface area contributed by atoms with Crippen LogP contribution in [-0.2, 0) is 40.1 Å². The summed E-state index contributed by atoms with van der Waals surface area (Å²) < 4.78 is 0. The number of aryl methyl sites for hydroxylation is 1. The summed E-state index contributed by atoms with van der Waals surface area (Å²) in [6.45, 7) is 14.6. The van der Waals surface area contributed by atoms with Crippen LogP contribution in [0.5, 0.6) is 5.75 Å². The van der Waals surface area contributed by atoms with Crippen LogP contribution in [0, 0.1) is 22.7 Å². The number of phenolic OH excluding ortho intramolecular Hbond substituents is 1. The lowest BCUT2D eigenvalue weighted by Gasteiger charge is -2.59. The molecule has 0 spiro atoms. The van der Waals surface area contributed by atoms with Gasteiger partial charge >= 0.3 is 0 Å². The molecule has 0 bridgehead atoms. The highest BCUT2D eigenvalue weighted by atomic mass is 16.3. The second-order valence-corrected chi connectivity index (χ2v) is 13.7. The van der Waals surface area contributed by atoms with Crippen LogP contribution in [0.2, 0.25) is 0 Å². The molecule has 5 rings (SSSR count). The Balaban J connectivity index is 1.83. The van der Waals surface area contributed by atoms with E-state index in [0.29, 0.717) is 5.56 Å². The van der Waals surface area contributed by atoms with Crippen molar-refractivity contribution in [2.45, 2.75) is 93.1 Å². The van der Waals surface area contributed by atoms with Crippen molar-refractivity contribution in [3.05, 3.63) is 69.0 Å². The monoisotopic (exact) mass is 600 g/mol. The van der Waals surface area contributed by atoms with Gasteiger partial charge < -0.3 is 20.4 Å². The van der Waals surface area contributed by atoms with E-state index in [1.807, 2.05) is 13.0 Å². The van der Waals surface area contributed by atoms with Crippen molar-refractivity contribution < 1.29 is 34.8 Å². The number of carbonyl (C=O) groups is 3. The summed E-state index contributed by atoms with van der Waals surface area (Å²) in [5.41, 5.74) is 0.555. The molecule has 7 heteroatoms. The van der Waals surface area contributed by atoms with Crippen LogP contribution in [0.3, 0.4) is 0 Å². The molecule has 1 unspecified atom stereocenters. The number of aliphatic hydroxyl groups excluding tert-OH is 2. The Labute approximate surface area is 259 Å². The molecule has 0 aliphatic heterocycles. The fourth-order valence-corrected chi connectivity index (χ4v) is 9.14. The molecule has 4 N–H and O–H groups in total. The molecule has 1 fully saturated rings. The van der Waals surface area contributed by atoms with Gasteiger partial charge in [0.1, 0.15) is 22.8 Å². The Kier molecular flexibility index (Phi) is 7.52. The molecular weight excluding hydrogens is 556 g/mol. The Hall–Kier alpha value is -3.71. The number of allylic oxidation sites excluding steroid dienone is 1. The first kappa shape index (κ1) is 31.7. The van der Waals surface area contributed by atoms with Crippen molar-refractivity contribution in [2.75, 3.05) is 0 Å². The van der Waals surface area contributed by atoms with Crippen LogP contribution in [0.1, 0.15) is 89.6 Å². The number of hydrogen-bond acceptors (Lipinski definition) is 7. The van der Waals surface area contributed by atoms with Crippen molar-refractivity contribution in [1.29, 1.82) is 0 Å².